The first-order chi connectivity index (χ1) is 16.3. The third-order valence-corrected chi connectivity index (χ3v) is 8.49. The van der Waals surface area contributed by atoms with E-state index in [9.17, 15) is 0 Å². The van der Waals surface area contributed by atoms with Crippen LogP contribution in [0.1, 0.15) is 61.1 Å². The summed E-state index contributed by atoms with van der Waals surface area (Å²) in [6.45, 7) is 6.17. The van der Waals surface area contributed by atoms with Gasteiger partial charge in [0.1, 0.15) is 0 Å². The molecule has 6 rings (SSSR count). The Labute approximate surface area is 199 Å². The zero-order chi connectivity index (χ0) is 22.2. The lowest BCUT2D eigenvalue weighted by Crippen LogP contribution is -2.50. The Kier molecular flexibility index (Phi) is 5.82. The van der Waals surface area contributed by atoms with Gasteiger partial charge in [0, 0.05) is 18.5 Å². The maximum Gasteiger partial charge on any atom is 0.0631 e. The molecular formula is C31H36N2. The van der Waals surface area contributed by atoms with Crippen LogP contribution in [0.15, 0.2) is 78.9 Å². The van der Waals surface area contributed by atoms with Gasteiger partial charge in [0.05, 0.1) is 6.17 Å². The van der Waals surface area contributed by atoms with Crippen molar-refractivity contribution >= 4 is 0 Å². The van der Waals surface area contributed by atoms with Crippen LogP contribution in [0.3, 0.4) is 0 Å². The van der Waals surface area contributed by atoms with Crippen LogP contribution in [0, 0.1) is 0 Å². The number of hydrogen-bond acceptors (Lipinski definition) is 2. The molecule has 2 heteroatoms. The molecule has 2 fully saturated rings. The molecule has 2 nitrogen and oxygen atoms in total. The maximum atomic E-state index is 2.92. The predicted molar refractivity (Wildman–Crippen MR) is 138 cm³/mol. The quantitative estimate of drug-likeness (QED) is 0.450. The zero-order valence-corrected chi connectivity index (χ0v) is 19.9. The van der Waals surface area contributed by atoms with Crippen molar-refractivity contribution in [3.05, 3.63) is 95.6 Å². The SMILES string of the molecule is CC1C[C@@H](N2CC(c3ccccc3-c3ccccc3)CC2N2CCCC2)Cc2ccccc21. The summed E-state index contributed by atoms with van der Waals surface area (Å²) in [6.07, 6.45) is 7.06. The Morgan fingerprint density at radius 1 is 0.727 bits per heavy atom. The second-order valence-corrected chi connectivity index (χ2v) is 10.5. The Morgan fingerprint density at radius 3 is 2.24 bits per heavy atom. The molecule has 0 saturated carbocycles. The van der Waals surface area contributed by atoms with Gasteiger partial charge in [0.2, 0.25) is 0 Å². The van der Waals surface area contributed by atoms with Gasteiger partial charge in [-0.15, -0.1) is 0 Å². The summed E-state index contributed by atoms with van der Waals surface area (Å²) in [5.41, 5.74) is 7.47. The first-order valence-electron chi connectivity index (χ1n) is 13.0. The van der Waals surface area contributed by atoms with E-state index in [0.717, 1.165) is 0 Å². The third kappa shape index (κ3) is 4.05. The van der Waals surface area contributed by atoms with E-state index in [0.29, 0.717) is 24.0 Å². The average Bonchev–Trinajstić information content (AvgIpc) is 3.55. The van der Waals surface area contributed by atoms with Crippen LogP contribution in [0.25, 0.3) is 11.1 Å². The van der Waals surface area contributed by atoms with Crippen molar-refractivity contribution in [2.45, 2.75) is 63.1 Å². The van der Waals surface area contributed by atoms with Gasteiger partial charge in [-0.05, 0) is 78.9 Å². The number of fused-ring (bicyclic) bond motifs is 1. The van der Waals surface area contributed by atoms with Crippen LogP contribution in [0.5, 0.6) is 0 Å². The van der Waals surface area contributed by atoms with E-state index in [1.807, 2.05) is 0 Å². The van der Waals surface area contributed by atoms with E-state index in [-0.39, 0.29) is 0 Å². The van der Waals surface area contributed by atoms with Gasteiger partial charge >= 0.3 is 0 Å². The highest BCUT2D eigenvalue weighted by atomic mass is 15.4. The lowest BCUT2D eigenvalue weighted by molar-refractivity contribution is 0.0518. The second kappa shape index (κ2) is 9.08. The first kappa shape index (κ1) is 21.1. The number of nitrogens with zero attached hydrogens (tertiary/aromatic N) is 2. The molecule has 2 saturated heterocycles. The minimum Gasteiger partial charge on any atom is -0.288 e. The Hall–Kier alpha value is -2.42. The number of likely N-dealkylation sites (tertiary alicyclic amines) is 2. The van der Waals surface area contributed by atoms with Crippen LogP contribution >= 0.6 is 0 Å². The molecule has 0 spiro atoms. The summed E-state index contributed by atoms with van der Waals surface area (Å²) in [5, 5.41) is 0. The minimum absolute atomic E-state index is 0.587. The second-order valence-electron chi connectivity index (χ2n) is 10.5. The highest BCUT2D eigenvalue weighted by Gasteiger charge is 2.42. The summed E-state index contributed by atoms with van der Waals surface area (Å²) in [7, 11) is 0. The molecule has 33 heavy (non-hydrogen) atoms. The van der Waals surface area contributed by atoms with Crippen molar-refractivity contribution in [2.24, 2.45) is 0 Å². The standard InChI is InChI=1S/C31H36N2/c1-23-19-27(20-25-13-5-6-14-28(23)25)33-22-26(21-31(33)32-17-9-10-18-32)30-16-8-7-15-29(30)24-11-3-2-4-12-24/h2-8,11-16,23,26-27,31H,9-10,17-22H2,1H3/t23?,26?,27-,31?/m1/s1. The van der Waals surface area contributed by atoms with E-state index in [1.165, 1.54) is 62.9 Å². The van der Waals surface area contributed by atoms with Gasteiger partial charge in [-0.3, -0.25) is 9.80 Å². The van der Waals surface area contributed by atoms with Gasteiger partial charge in [0.15, 0.2) is 0 Å². The van der Waals surface area contributed by atoms with Crippen molar-refractivity contribution in [2.75, 3.05) is 19.6 Å². The molecule has 0 amide bonds. The fourth-order valence-electron chi connectivity index (χ4n) is 6.92. The minimum atomic E-state index is 0.587. The predicted octanol–water partition coefficient (Wildman–Crippen LogP) is 6.68. The van der Waals surface area contributed by atoms with Crippen LogP contribution in [-0.2, 0) is 6.42 Å². The number of benzene rings is 3. The van der Waals surface area contributed by atoms with Gasteiger partial charge in [-0.25, -0.2) is 0 Å². The van der Waals surface area contributed by atoms with Crippen molar-refractivity contribution in [3.8, 4) is 11.1 Å². The fourth-order valence-corrected chi connectivity index (χ4v) is 6.92. The molecule has 0 aromatic heterocycles. The largest absolute Gasteiger partial charge is 0.288 e. The summed E-state index contributed by atoms with van der Waals surface area (Å²) in [4.78, 5) is 5.72. The number of hydrogen-bond donors (Lipinski definition) is 0. The molecule has 2 aliphatic heterocycles. The van der Waals surface area contributed by atoms with Crippen LogP contribution in [0.4, 0.5) is 0 Å². The lowest BCUT2D eigenvalue weighted by atomic mass is 9.80. The van der Waals surface area contributed by atoms with Crippen molar-refractivity contribution in [1.29, 1.82) is 0 Å². The van der Waals surface area contributed by atoms with Crippen molar-refractivity contribution in [1.82, 2.24) is 9.80 Å². The topological polar surface area (TPSA) is 6.48 Å². The molecule has 1 aliphatic carbocycles. The zero-order valence-electron chi connectivity index (χ0n) is 19.9. The van der Waals surface area contributed by atoms with E-state index in [1.54, 1.807) is 16.7 Å². The highest BCUT2D eigenvalue weighted by Crippen LogP contribution is 2.43. The van der Waals surface area contributed by atoms with E-state index >= 15 is 0 Å². The molecule has 3 aliphatic rings. The van der Waals surface area contributed by atoms with Crippen LogP contribution in [-0.4, -0.2) is 41.6 Å². The highest BCUT2D eigenvalue weighted by molar-refractivity contribution is 5.68. The molecule has 3 aromatic rings. The van der Waals surface area contributed by atoms with Gasteiger partial charge in [0.25, 0.3) is 0 Å². The third-order valence-electron chi connectivity index (χ3n) is 8.49. The summed E-state index contributed by atoms with van der Waals surface area (Å²) in [6, 6.07) is 30.0. The van der Waals surface area contributed by atoms with Crippen LogP contribution in [0.2, 0.25) is 0 Å². The van der Waals surface area contributed by atoms with E-state index in [4.69, 9.17) is 0 Å². The smallest absolute Gasteiger partial charge is 0.0631 e. The molecule has 0 bridgehead atoms. The average molecular weight is 437 g/mol. The van der Waals surface area contributed by atoms with Gasteiger partial charge in [-0.2, -0.15) is 0 Å². The first-order valence-corrected chi connectivity index (χ1v) is 13.0. The summed E-state index contributed by atoms with van der Waals surface area (Å²) < 4.78 is 0. The molecule has 3 unspecified atom stereocenters. The molecule has 3 aromatic carbocycles. The molecule has 0 N–H and O–H groups in total. The molecule has 4 atom stereocenters. The Bertz CT molecular complexity index is 1080. The van der Waals surface area contributed by atoms with Gasteiger partial charge < -0.3 is 0 Å². The van der Waals surface area contributed by atoms with Crippen molar-refractivity contribution in [3.63, 3.8) is 0 Å². The normalized spacial score (nSPS) is 28.2. The van der Waals surface area contributed by atoms with Crippen molar-refractivity contribution < 1.29 is 0 Å². The summed E-state index contributed by atoms with van der Waals surface area (Å²) in [5.74, 6) is 1.24. The Balaban J connectivity index is 1.33. The molecular weight excluding hydrogens is 400 g/mol. The fraction of sp³-hybridized carbons (Fsp3) is 0.419. The van der Waals surface area contributed by atoms with E-state index < -0.39 is 0 Å². The molecule has 170 valence electrons. The van der Waals surface area contributed by atoms with Crippen LogP contribution < -0.4 is 0 Å². The molecule has 2 heterocycles. The Morgan fingerprint density at radius 2 is 1.42 bits per heavy atom. The summed E-state index contributed by atoms with van der Waals surface area (Å²) >= 11 is 0. The monoisotopic (exact) mass is 436 g/mol. The number of rotatable bonds is 4. The van der Waals surface area contributed by atoms with Gasteiger partial charge in [-0.1, -0.05) is 85.8 Å². The maximum absolute atomic E-state index is 2.92. The molecule has 0 radical (unpaired) electrons. The van der Waals surface area contributed by atoms with E-state index in [2.05, 4.69) is 95.6 Å². The lowest BCUT2D eigenvalue weighted by Gasteiger charge is -2.41.